The number of nitrogens with two attached hydrogens (primary N) is 1. The molecular formula is C16H32N2O. The highest BCUT2D eigenvalue weighted by Gasteiger charge is 2.43. The lowest BCUT2D eigenvalue weighted by atomic mass is 9.73. The number of nitrogens with zero attached hydrogens (tertiary/aromatic N) is 1. The van der Waals surface area contributed by atoms with E-state index in [9.17, 15) is 4.79 Å². The molecule has 1 rings (SSSR count). The Bertz CT molecular complexity index is 309. The molecule has 0 atom stereocenters. The third kappa shape index (κ3) is 3.50. The Morgan fingerprint density at radius 3 is 2.00 bits per heavy atom. The van der Waals surface area contributed by atoms with Gasteiger partial charge < -0.3 is 10.6 Å². The van der Waals surface area contributed by atoms with Crippen LogP contribution in [0.4, 0.5) is 0 Å². The molecule has 0 radical (unpaired) electrons. The van der Waals surface area contributed by atoms with Gasteiger partial charge in [-0.2, -0.15) is 0 Å². The molecule has 1 aliphatic carbocycles. The largest absolute Gasteiger partial charge is 0.342 e. The number of carbonyl (C=O) groups excluding carboxylic acids is 1. The summed E-state index contributed by atoms with van der Waals surface area (Å²) in [5.41, 5.74) is 5.15. The standard InChI is InChI=1S/C16H32N2O/c1-7-12-8-10-13(11-9-12)18(6)14(19)15(2,3)16(4,5)17/h12-13H,7-11,17H2,1-6H3. The third-order valence-corrected chi connectivity index (χ3v) is 5.41. The fraction of sp³-hybridized carbons (Fsp3) is 0.938. The topological polar surface area (TPSA) is 46.3 Å². The van der Waals surface area contributed by atoms with Crippen LogP contribution < -0.4 is 5.73 Å². The third-order valence-electron chi connectivity index (χ3n) is 5.41. The predicted molar refractivity (Wildman–Crippen MR) is 80.9 cm³/mol. The number of rotatable bonds is 4. The average molecular weight is 268 g/mol. The quantitative estimate of drug-likeness (QED) is 0.851. The molecular weight excluding hydrogens is 236 g/mol. The maximum Gasteiger partial charge on any atom is 0.230 e. The van der Waals surface area contributed by atoms with Gasteiger partial charge in [-0.15, -0.1) is 0 Å². The van der Waals surface area contributed by atoms with Crippen molar-refractivity contribution in [2.75, 3.05) is 7.05 Å². The summed E-state index contributed by atoms with van der Waals surface area (Å²) in [5.74, 6) is 1.04. The van der Waals surface area contributed by atoms with Gasteiger partial charge in [0.25, 0.3) is 0 Å². The van der Waals surface area contributed by atoms with Crippen LogP contribution in [0.2, 0.25) is 0 Å². The van der Waals surface area contributed by atoms with E-state index >= 15 is 0 Å². The van der Waals surface area contributed by atoms with E-state index in [4.69, 9.17) is 5.73 Å². The van der Waals surface area contributed by atoms with Crippen LogP contribution in [0.15, 0.2) is 0 Å². The molecule has 0 bridgehead atoms. The molecule has 0 aromatic heterocycles. The Kier molecular flexibility index (Phi) is 5.05. The Morgan fingerprint density at radius 1 is 1.16 bits per heavy atom. The predicted octanol–water partition coefficient (Wildman–Crippen LogP) is 3.18. The molecule has 112 valence electrons. The summed E-state index contributed by atoms with van der Waals surface area (Å²) in [7, 11) is 1.95. The first-order valence-corrected chi connectivity index (χ1v) is 7.67. The second-order valence-electron chi connectivity index (χ2n) is 7.35. The number of carbonyl (C=O) groups is 1. The van der Waals surface area contributed by atoms with Crippen LogP contribution in [0.1, 0.15) is 66.7 Å². The molecule has 1 fully saturated rings. The van der Waals surface area contributed by atoms with Gasteiger partial charge in [-0.25, -0.2) is 0 Å². The normalized spacial score (nSPS) is 25.2. The van der Waals surface area contributed by atoms with E-state index in [1.807, 2.05) is 39.6 Å². The summed E-state index contributed by atoms with van der Waals surface area (Å²) in [5, 5.41) is 0. The average Bonchev–Trinajstić information content (AvgIpc) is 2.35. The van der Waals surface area contributed by atoms with Gasteiger partial charge in [0, 0.05) is 18.6 Å². The molecule has 0 aromatic rings. The lowest BCUT2D eigenvalue weighted by Gasteiger charge is -2.43. The summed E-state index contributed by atoms with van der Waals surface area (Å²) in [6, 6.07) is 0.400. The number of amides is 1. The maximum atomic E-state index is 12.7. The van der Waals surface area contributed by atoms with Crippen LogP contribution in [0.25, 0.3) is 0 Å². The van der Waals surface area contributed by atoms with Crippen molar-refractivity contribution in [3.05, 3.63) is 0 Å². The van der Waals surface area contributed by atoms with Gasteiger partial charge in [0.15, 0.2) is 0 Å². The van der Waals surface area contributed by atoms with Gasteiger partial charge in [0.2, 0.25) is 5.91 Å². The zero-order chi connectivity index (χ0) is 14.8. The minimum atomic E-state index is -0.524. The lowest BCUT2D eigenvalue weighted by Crippen LogP contribution is -2.57. The second kappa shape index (κ2) is 5.82. The Hall–Kier alpha value is -0.570. The van der Waals surface area contributed by atoms with Gasteiger partial charge in [0.05, 0.1) is 5.41 Å². The molecule has 1 amide bonds. The van der Waals surface area contributed by atoms with Gasteiger partial charge in [-0.05, 0) is 59.3 Å². The van der Waals surface area contributed by atoms with Crippen molar-refractivity contribution in [2.45, 2.75) is 78.3 Å². The highest BCUT2D eigenvalue weighted by Crippen LogP contribution is 2.34. The first kappa shape index (κ1) is 16.5. The van der Waals surface area contributed by atoms with Gasteiger partial charge >= 0.3 is 0 Å². The molecule has 2 N–H and O–H groups in total. The van der Waals surface area contributed by atoms with Crippen molar-refractivity contribution in [3.8, 4) is 0 Å². The molecule has 3 nitrogen and oxygen atoms in total. The van der Waals surface area contributed by atoms with Crippen molar-refractivity contribution in [1.29, 1.82) is 0 Å². The van der Waals surface area contributed by atoms with Crippen LogP contribution in [0.5, 0.6) is 0 Å². The van der Waals surface area contributed by atoms with Crippen LogP contribution in [-0.2, 0) is 4.79 Å². The van der Waals surface area contributed by atoms with Crippen molar-refractivity contribution in [2.24, 2.45) is 17.1 Å². The number of hydrogen-bond acceptors (Lipinski definition) is 2. The fourth-order valence-corrected chi connectivity index (χ4v) is 2.82. The van der Waals surface area contributed by atoms with Gasteiger partial charge in [0.1, 0.15) is 0 Å². The van der Waals surface area contributed by atoms with Gasteiger partial charge in [-0.3, -0.25) is 4.79 Å². The van der Waals surface area contributed by atoms with Crippen molar-refractivity contribution in [1.82, 2.24) is 4.90 Å². The Labute approximate surface area is 118 Å². The Balaban J connectivity index is 2.68. The van der Waals surface area contributed by atoms with Crippen LogP contribution >= 0.6 is 0 Å². The lowest BCUT2D eigenvalue weighted by molar-refractivity contribution is -0.145. The molecule has 0 aliphatic heterocycles. The highest BCUT2D eigenvalue weighted by atomic mass is 16.2. The zero-order valence-corrected chi connectivity index (χ0v) is 13.6. The molecule has 3 heteroatoms. The minimum Gasteiger partial charge on any atom is -0.342 e. The van der Waals surface area contributed by atoms with E-state index in [-0.39, 0.29) is 5.91 Å². The molecule has 1 saturated carbocycles. The molecule has 0 heterocycles. The summed E-state index contributed by atoms with van der Waals surface area (Å²) in [6.07, 6.45) is 6.06. The van der Waals surface area contributed by atoms with Crippen molar-refractivity contribution < 1.29 is 4.79 Å². The molecule has 19 heavy (non-hydrogen) atoms. The molecule has 0 spiro atoms. The first-order valence-electron chi connectivity index (χ1n) is 7.67. The zero-order valence-electron chi connectivity index (χ0n) is 13.6. The van der Waals surface area contributed by atoms with Gasteiger partial charge in [-0.1, -0.05) is 13.3 Å². The van der Waals surface area contributed by atoms with Crippen molar-refractivity contribution in [3.63, 3.8) is 0 Å². The summed E-state index contributed by atoms with van der Waals surface area (Å²) in [6.45, 7) is 10.1. The van der Waals surface area contributed by atoms with Crippen LogP contribution in [-0.4, -0.2) is 29.4 Å². The molecule has 0 aromatic carbocycles. The molecule has 0 saturated heterocycles. The summed E-state index contributed by atoms with van der Waals surface area (Å²) < 4.78 is 0. The monoisotopic (exact) mass is 268 g/mol. The van der Waals surface area contributed by atoms with E-state index < -0.39 is 11.0 Å². The summed E-state index contributed by atoms with van der Waals surface area (Å²) >= 11 is 0. The smallest absolute Gasteiger partial charge is 0.230 e. The highest BCUT2D eigenvalue weighted by molar-refractivity contribution is 5.83. The van der Waals surface area contributed by atoms with E-state index in [1.54, 1.807) is 0 Å². The fourth-order valence-electron chi connectivity index (χ4n) is 2.82. The van der Waals surface area contributed by atoms with E-state index in [0.29, 0.717) is 6.04 Å². The van der Waals surface area contributed by atoms with Crippen LogP contribution in [0.3, 0.4) is 0 Å². The second-order valence-corrected chi connectivity index (χ2v) is 7.35. The van der Waals surface area contributed by atoms with E-state index in [0.717, 1.165) is 18.8 Å². The number of hydrogen-bond donors (Lipinski definition) is 1. The first-order chi connectivity index (χ1) is 8.61. The Morgan fingerprint density at radius 2 is 1.63 bits per heavy atom. The molecule has 1 aliphatic rings. The van der Waals surface area contributed by atoms with E-state index in [1.165, 1.54) is 19.3 Å². The SMILES string of the molecule is CCC1CCC(N(C)C(=O)C(C)(C)C(C)(C)N)CC1. The molecule has 0 unspecified atom stereocenters. The van der Waals surface area contributed by atoms with Crippen LogP contribution in [0, 0.1) is 11.3 Å². The summed E-state index contributed by atoms with van der Waals surface area (Å²) in [4.78, 5) is 14.7. The van der Waals surface area contributed by atoms with E-state index in [2.05, 4.69) is 6.92 Å². The maximum absolute atomic E-state index is 12.7. The van der Waals surface area contributed by atoms with Crippen molar-refractivity contribution >= 4 is 5.91 Å². The minimum absolute atomic E-state index is 0.181.